The van der Waals surface area contributed by atoms with Crippen molar-refractivity contribution in [3.05, 3.63) is 41.9 Å². The lowest BCUT2D eigenvalue weighted by atomic mass is 10.2. The molecule has 1 aromatic carbocycles. The molecule has 19 heavy (non-hydrogen) atoms. The van der Waals surface area contributed by atoms with E-state index in [1.807, 2.05) is 0 Å². The number of nitrogens with one attached hydrogen (secondary N) is 1. The van der Waals surface area contributed by atoms with Crippen molar-refractivity contribution in [2.45, 2.75) is 18.5 Å². The topological polar surface area (TPSA) is 86.3 Å². The second kappa shape index (κ2) is 5.02. The molecule has 0 aliphatic carbocycles. The van der Waals surface area contributed by atoms with Crippen LogP contribution in [0.1, 0.15) is 11.4 Å². The van der Waals surface area contributed by atoms with Gasteiger partial charge in [-0.1, -0.05) is 12.1 Å². The number of H-pyrrole nitrogens is 1. The second-order valence-corrected chi connectivity index (χ2v) is 6.28. The first-order valence-corrected chi connectivity index (χ1v) is 7.09. The van der Waals surface area contributed by atoms with Crippen LogP contribution < -0.4 is 0 Å². The van der Waals surface area contributed by atoms with E-state index in [2.05, 4.69) is 9.97 Å². The van der Waals surface area contributed by atoms with Gasteiger partial charge in [0.2, 0.25) is 0 Å². The Morgan fingerprint density at radius 2 is 2.16 bits per heavy atom. The average Bonchev–Trinajstić information content (AvgIpc) is 2.76. The number of imidazole rings is 1. The highest BCUT2D eigenvalue weighted by atomic mass is 32.2. The molecule has 0 spiro atoms. The van der Waals surface area contributed by atoms with Crippen molar-refractivity contribution in [3.63, 3.8) is 0 Å². The maximum Gasteiger partial charge on any atom is 0.260 e. The van der Waals surface area contributed by atoms with Gasteiger partial charge in [0.1, 0.15) is 11.6 Å². The van der Waals surface area contributed by atoms with Crippen LogP contribution in [-0.2, 0) is 16.6 Å². The number of rotatable bonds is 4. The lowest BCUT2D eigenvalue weighted by Gasteiger charge is -2.16. The van der Waals surface area contributed by atoms with Gasteiger partial charge in [-0.05, 0) is 24.6 Å². The normalized spacial score (nSPS) is 11.9. The fraction of sp³-hybridized carbons (Fsp3) is 0.250. The van der Waals surface area contributed by atoms with Crippen molar-refractivity contribution in [1.29, 1.82) is 0 Å². The molecule has 0 fully saturated rings. The molecule has 0 aliphatic heterocycles. The lowest BCUT2D eigenvalue weighted by molar-refractivity contribution is 0.456. The van der Waals surface area contributed by atoms with E-state index in [0.717, 1.165) is 0 Å². The Morgan fingerprint density at radius 1 is 1.42 bits per heavy atom. The van der Waals surface area contributed by atoms with Crippen molar-refractivity contribution in [2.24, 2.45) is 0 Å². The SMILES string of the molecule is Cc1ncc(S(=O)(=O)N(C)Cc2cccc(O)c2)[nH]1. The van der Waals surface area contributed by atoms with Crippen molar-refractivity contribution >= 4 is 10.0 Å². The third kappa shape index (κ3) is 2.94. The predicted octanol–water partition coefficient (Wildman–Crippen LogP) is 1.24. The lowest BCUT2D eigenvalue weighted by Crippen LogP contribution is -2.26. The van der Waals surface area contributed by atoms with E-state index in [-0.39, 0.29) is 17.3 Å². The molecule has 102 valence electrons. The molecular weight excluding hydrogens is 266 g/mol. The maximum atomic E-state index is 12.2. The number of hydrogen-bond donors (Lipinski definition) is 2. The Kier molecular flexibility index (Phi) is 3.59. The van der Waals surface area contributed by atoms with Gasteiger partial charge < -0.3 is 10.1 Å². The van der Waals surface area contributed by atoms with Crippen molar-refractivity contribution in [3.8, 4) is 5.75 Å². The molecule has 0 unspecified atom stereocenters. The summed E-state index contributed by atoms with van der Waals surface area (Å²) in [6.45, 7) is 1.86. The fourth-order valence-corrected chi connectivity index (χ4v) is 2.81. The molecule has 0 saturated heterocycles. The van der Waals surface area contributed by atoms with Crippen molar-refractivity contribution in [2.75, 3.05) is 7.05 Å². The Hall–Kier alpha value is -1.86. The van der Waals surface area contributed by atoms with Gasteiger partial charge in [-0.15, -0.1) is 0 Å². The number of phenolic OH excluding ortho intramolecular Hbond substituents is 1. The molecule has 0 aliphatic rings. The van der Waals surface area contributed by atoms with Crippen LogP contribution in [0, 0.1) is 6.92 Å². The van der Waals surface area contributed by atoms with Crippen molar-refractivity contribution < 1.29 is 13.5 Å². The zero-order valence-electron chi connectivity index (χ0n) is 10.7. The number of sulfonamides is 1. The van der Waals surface area contributed by atoms with Crippen LogP contribution in [0.25, 0.3) is 0 Å². The molecule has 1 heterocycles. The van der Waals surface area contributed by atoms with Crippen LogP contribution in [0.15, 0.2) is 35.5 Å². The molecule has 7 heteroatoms. The summed E-state index contributed by atoms with van der Waals surface area (Å²) in [5.74, 6) is 0.657. The third-order valence-corrected chi connectivity index (χ3v) is 4.40. The van der Waals surface area contributed by atoms with Gasteiger partial charge >= 0.3 is 0 Å². The number of aryl methyl sites for hydroxylation is 1. The standard InChI is InChI=1S/C12H15N3O3S/c1-9-13-7-12(14-9)19(17,18)15(2)8-10-4-3-5-11(16)6-10/h3-7,16H,8H2,1-2H3,(H,13,14). The van der Waals surface area contributed by atoms with Gasteiger partial charge in [-0.25, -0.2) is 13.4 Å². The first kappa shape index (κ1) is 13.6. The second-order valence-electron chi connectivity index (χ2n) is 4.26. The molecule has 0 bridgehead atoms. The minimum absolute atomic E-state index is 0.0626. The summed E-state index contributed by atoms with van der Waals surface area (Å²) >= 11 is 0. The number of aromatic hydroxyl groups is 1. The summed E-state index contributed by atoms with van der Waals surface area (Å²) in [4.78, 5) is 6.59. The average molecular weight is 281 g/mol. The summed E-state index contributed by atoms with van der Waals surface area (Å²) in [6, 6.07) is 6.50. The number of aromatic nitrogens is 2. The molecule has 1 aromatic heterocycles. The number of benzene rings is 1. The number of phenols is 1. The summed E-state index contributed by atoms with van der Waals surface area (Å²) in [5.41, 5.74) is 0.710. The smallest absolute Gasteiger partial charge is 0.260 e. The van der Waals surface area contributed by atoms with Gasteiger partial charge in [0, 0.05) is 13.6 Å². The zero-order valence-corrected chi connectivity index (χ0v) is 11.5. The van der Waals surface area contributed by atoms with E-state index in [9.17, 15) is 13.5 Å². The maximum absolute atomic E-state index is 12.2. The van der Waals surface area contributed by atoms with Gasteiger partial charge in [0.05, 0.1) is 6.20 Å². The monoisotopic (exact) mass is 281 g/mol. The molecule has 2 N–H and O–H groups in total. The largest absolute Gasteiger partial charge is 0.508 e. The molecular formula is C12H15N3O3S. The van der Waals surface area contributed by atoms with Crippen LogP contribution in [-0.4, -0.2) is 34.8 Å². The van der Waals surface area contributed by atoms with Crippen LogP contribution in [0.4, 0.5) is 0 Å². The summed E-state index contributed by atoms with van der Waals surface area (Å²) < 4.78 is 25.7. The van der Waals surface area contributed by atoms with E-state index >= 15 is 0 Å². The Morgan fingerprint density at radius 3 is 2.74 bits per heavy atom. The highest BCUT2D eigenvalue weighted by molar-refractivity contribution is 7.89. The summed E-state index contributed by atoms with van der Waals surface area (Å²) in [5, 5.41) is 9.43. The highest BCUT2D eigenvalue weighted by Crippen LogP contribution is 2.17. The van der Waals surface area contributed by atoms with E-state index in [0.29, 0.717) is 11.4 Å². The van der Waals surface area contributed by atoms with Crippen LogP contribution in [0.3, 0.4) is 0 Å². The molecule has 2 rings (SSSR count). The highest BCUT2D eigenvalue weighted by Gasteiger charge is 2.22. The molecule has 6 nitrogen and oxygen atoms in total. The van der Waals surface area contributed by atoms with Gasteiger partial charge in [-0.3, -0.25) is 0 Å². The first-order valence-electron chi connectivity index (χ1n) is 5.65. The first-order chi connectivity index (χ1) is 8.89. The van der Waals surface area contributed by atoms with Crippen LogP contribution >= 0.6 is 0 Å². The summed E-state index contributed by atoms with van der Waals surface area (Å²) in [7, 11) is -2.11. The minimum atomic E-state index is -3.60. The van der Waals surface area contributed by atoms with E-state index in [4.69, 9.17) is 0 Å². The summed E-state index contributed by atoms with van der Waals surface area (Å²) in [6.07, 6.45) is 1.30. The number of hydrogen-bond acceptors (Lipinski definition) is 4. The third-order valence-electron chi connectivity index (χ3n) is 2.68. The van der Waals surface area contributed by atoms with E-state index in [1.54, 1.807) is 19.1 Å². The van der Waals surface area contributed by atoms with Gasteiger partial charge in [-0.2, -0.15) is 4.31 Å². The van der Waals surface area contributed by atoms with Crippen LogP contribution in [0.2, 0.25) is 0 Å². The molecule has 0 radical (unpaired) electrons. The Balaban J connectivity index is 2.22. The Bertz CT molecular complexity index is 679. The van der Waals surface area contributed by atoms with Gasteiger partial charge in [0.25, 0.3) is 10.0 Å². The zero-order chi connectivity index (χ0) is 14.0. The van der Waals surface area contributed by atoms with Gasteiger partial charge in [0.15, 0.2) is 5.03 Å². The van der Waals surface area contributed by atoms with Crippen LogP contribution in [0.5, 0.6) is 5.75 Å². The van der Waals surface area contributed by atoms with Crippen molar-refractivity contribution in [1.82, 2.24) is 14.3 Å². The Labute approximate surface area is 111 Å². The number of nitrogens with zero attached hydrogens (tertiary/aromatic N) is 2. The van der Waals surface area contributed by atoms with E-state index in [1.165, 1.54) is 29.7 Å². The molecule has 0 atom stereocenters. The predicted molar refractivity (Wildman–Crippen MR) is 70.1 cm³/mol. The molecule has 0 amide bonds. The molecule has 2 aromatic rings. The molecule has 0 saturated carbocycles. The minimum Gasteiger partial charge on any atom is -0.508 e. The number of aromatic amines is 1. The fourth-order valence-electron chi connectivity index (χ4n) is 1.69. The quantitative estimate of drug-likeness (QED) is 0.883. The van der Waals surface area contributed by atoms with E-state index < -0.39 is 10.0 Å².